The zero-order valence-corrected chi connectivity index (χ0v) is 9.91. The molecule has 0 aromatic carbocycles. The van der Waals surface area contributed by atoms with Crippen LogP contribution in [0, 0.1) is 0 Å². The van der Waals surface area contributed by atoms with Gasteiger partial charge < -0.3 is 9.47 Å². The lowest BCUT2D eigenvalue weighted by atomic mass is 10.2. The summed E-state index contributed by atoms with van der Waals surface area (Å²) in [6, 6.07) is 0. The normalized spacial score (nSPS) is 19.7. The molecule has 1 aliphatic rings. The Balaban J connectivity index is 2.30. The molecule has 0 unspecified atom stereocenters. The highest BCUT2D eigenvalue weighted by Crippen LogP contribution is 2.08. The first-order chi connectivity index (χ1) is 6.97. The van der Waals surface area contributed by atoms with Crippen LogP contribution in [0.3, 0.4) is 0 Å². The molecule has 1 aliphatic heterocycles. The number of hydrogen-bond acceptors (Lipinski definition) is 4. The smallest absolute Gasteiger partial charge is 0.320 e. The zero-order valence-electron chi connectivity index (χ0n) is 9.91. The van der Waals surface area contributed by atoms with E-state index in [9.17, 15) is 4.79 Å². The number of rotatable bonds is 2. The fourth-order valence-electron chi connectivity index (χ4n) is 1.51. The maximum absolute atomic E-state index is 11.5. The predicted octanol–water partition coefficient (Wildman–Crippen LogP) is 1.05. The van der Waals surface area contributed by atoms with Gasteiger partial charge in [-0.25, -0.2) is 0 Å². The van der Waals surface area contributed by atoms with Crippen LogP contribution < -0.4 is 0 Å². The van der Waals surface area contributed by atoms with Crippen molar-refractivity contribution in [3.05, 3.63) is 0 Å². The highest BCUT2D eigenvalue weighted by molar-refractivity contribution is 5.72. The molecule has 4 nitrogen and oxygen atoms in total. The third kappa shape index (κ3) is 5.74. The molecule has 0 radical (unpaired) electrons. The van der Waals surface area contributed by atoms with Gasteiger partial charge in [0, 0.05) is 19.7 Å². The molecule has 0 amide bonds. The first-order valence-electron chi connectivity index (χ1n) is 5.49. The molecule has 0 spiro atoms. The molecule has 0 atom stereocenters. The summed E-state index contributed by atoms with van der Waals surface area (Å²) in [5.41, 5.74) is -0.389. The van der Waals surface area contributed by atoms with Gasteiger partial charge in [-0.2, -0.15) is 0 Å². The van der Waals surface area contributed by atoms with Crippen LogP contribution in [-0.4, -0.2) is 49.3 Å². The quantitative estimate of drug-likeness (QED) is 0.645. The van der Waals surface area contributed by atoms with Gasteiger partial charge in [-0.05, 0) is 27.2 Å². The Morgan fingerprint density at radius 2 is 2.07 bits per heavy atom. The van der Waals surface area contributed by atoms with E-state index in [2.05, 4.69) is 4.90 Å². The third-order valence-electron chi connectivity index (χ3n) is 2.09. The molecule has 0 N–H and O–H groups in total. The second-order valence-corrected chi connectivity index (χ2v) is 4.83. The molecule has 0 bridgehead atoms. The number of nitrogens with zero attached hydrogens (tertiary/aromatic N) is 1. The topological polar surface area (TPSA) is 38.8 Å². The summed E-state index contributed by atoms with van der Waals surface area (Å²) < 4.78 is 10.6. The van der Waals surface area contributed by atoms with Crippen LogP contribution >= 0.6 is 0 Å². The van der Waals surface area contributed by atoms with Gasteiger partial charge in [0.2, 0.25) is 0 Å². The van der Waals surface area contributed by atoms with Crippen LogP contribution in [0.5, 0.6) is 0 Å². The average Bonchev–Trinajstić information content (AvgIpc) is 2.28. The van der Waals surface area contributed by atoms with E-state index in [1.165, 1.54) is 0 Å². The van der Waals surface area contributed by atoms with E-state index >= 15 is 0 Å². The predicted molar refractivity (Wildman–Crippen MR) is 57.7 cm³/mol. The maximum Gasteiger partial charge on any atom is 0.320 e. The van der Waals surface area contributed by atoms with E-state index < -0.39 is 0 Å². The van der Waals surface area contributed by atoms with Crippen molar-refractivity contribution in [1.29, 1.82) is 0 Å². The number of carbonyl (C=O) groups excluding carboxylic acids is 1. The molecule has 0 aliphatic carbocycles. The highest BCUT2D eigenvalue weighted by atomic mass is 16.6. The molecule has 4 heteroatoms. The maximum atomic E-state index is 11.5. The molecule has 15 heavy (non-hydrogen) atoms. The summed E-state index contributed by atoms with van der Waals surface area (Å²) in [6.07, 6.45) is 0.989. The van der Waals surface area contributed by atoms with Gasteiger partial charge in [-0.15, -0.1) is 0 Å². The first-order valence-corrected chi connectivity index (χ1v) is 5.49. The van der Waals surface area contributed by atoms with Crippen molar-refractivity contribution in [2.24, 2.45) is 0 Å². The van der Waals surface area contributed by atoms with Crippen LogP contribution in [0.15, 0.2) is 0 Å². The van der Waals surface area contributed by atoms with E-state index in [0.717, 1.165) is 26.1 Å². The van der Waals surface area contributed by atoms with Crippen molar-refractivity contribution < 1.29 is 14.3 Å². The minimum atomic E-state index is -0.389. The van der Waals surface area contributed by atoms with Crippen molar-refractivity contribution in [3.8, 4) is 0 Å². The van der Waals surface area contributed by atoms with Crippen molar-refractivity contribution >= 4 is 5.97 Å². The second-order valence-electron chi connectivity index (χ2n) is 4.83. The Kier molecular flexibility index (Phi) is 4.54. The second kappa shape index (κ2) is 5.47. The molecule has 88 valence electrons. The van der Waals surface area contributed by atoms with Crippen LogP contribution in [0.1, 0.15) is 27.2 Å². The minimum absolute atomic E-state index is 0.149. The molecule has 1 saturated heterocycles. The highest BCUT2D eigenvalue weighted by Gasteiger charge is 2.19. The van der Waals surface area contributed by atoms with Gasteiger partial charge in [-0.1, -0.05) is 0 Å². The Hall–Kier alpha value is -0.610. The van der Waals surface area contributed by atoms with Gasteiger partial charge in [-0.3, -0.25) is 9.69 Å². The van der Waals surface area contributed by atoms with Crippen LogP contribution in [-0.2, 0) is 14.3 Å². The monoisotopic (exact) mass is 215 g/mol. The van der Waals surface area contributed by atoms with Crippen molar-refractivity contribution in [2.45, 2.75) is 32.8 Å². The van der Waals surface area contributed by atoms with Crippen LogP contribution in [0.4, 0.5) is 0 Å². The summed E-state index contributed by atoms with van der Waals surface area (Å²) in [4.78, 5) is 13.6. The van der Waals surface area contributed by atoms with Gasteiger partial charge in [0.1, 0.15) is 5.60 Å². The fraction of sp³-hybridized carbons (Fsp3) is 0.909. The summed E-state index contributed by atoms with van der Waals surface area (Å²) in [5, 5.41) is 0. The standard InChI is InChI=1S/C11H21NO3/c1-11(2,3)15-10(13)9-12-5-4-7-14-8-6-12/h4-9H2,1-3H3. The lowest BCUT2D eigenvalue weighted by molar-refractivity contribution is -0.156. The number of esters is 1. The van der Waals surface area contributed by atoms with E-state index in [1.54, 1.807) is 0 Å². The van der Waals surface area contributed by atoms with Crippen LogP contribution in [0.2, 0.25) is 0 Å². The van der Waals surface area contributed by atoms with Gasteiger partial charge in [0.15, 0.2) is 0 Å². The lowest BCUT2D eigenvalue weighted by Crippen LogP contribution is -2.36. The van der Waals surface area contributed by atoms with Gasteiger partial charge in [0.05, 0.1) is 13.2 Å². The summed E-state index contributed by atoms with van der Waals surface area (Å²) >= 11 is 0. The Labute approximate surface area is 91.5 Å². The van der Waals surface area contributed by atoms with Gasteiger partial charge >= 0.3 is 5.97 Å². The summed E-state index contributed by atoms with van der Waals surface area (Å²) in [5.74, 6) is -0.149. The largest absolute Gasteiger partial charge is 0.459 e. The molecule has 1 heterocycles. The molecule has 0 saturated carbocycles. The summed E-state index contributed by atoms with van der Waals surface area (Å²) in [6.45, 7) is 9.27. The first kappa shape index (κ1) is 12.5. The molecular weight excluding hydrogens is 194 g/mol. The Morgan fingerprint density at radius 1 is 1.33 bits per heavy atom. The number of ether oxygens (including phenoxy) is 2. The molecule has 1 fully saturated rings. The van der Waals surface area contributed by atoms with E-state index in [-0.39, 0.29) is 11.6 Å². The molecule has 0 aromatic rings. The Bertz CT molecular complexity index is 202. The lowest BCUT2D eigenvalue weighted by Gasteiger charge is -2.23. The third-order valence-corrected chi connectivity index (χ3v) is 2.09. The molecule has 0 aromatic heterocycles. The van der Waals surface area contributed by atoms with Crippen molar-refractivity contribution in [1.82, 2.24) is 4.90 Å². The minimum Gasteiger partial charge on any atom is -0.459 e. The summed E-state index contributed by atoms with van der Waals surface area (Å²) in [7, 11) is 0. The van der Waals surface area contributed by atoms with E-state index in [0.29, 0.717) is 13.2 Å². The average molecular weight is 215 g/mol. The van der Waals surface area contributed by atoms with Crippen molar-refractivity contribution in [2.75, 3.05) is 32.8 Å². The number of hydrogen-bond donors (Lipinski definition) is 0. The zero-order chi connectivity index (χ0) is 11.3. The molecular formula is C11H21NO3. The fourth-order valence-corrected chi connectivity index (χ4v) is 1.51. The number of carbonyl (C=O) groups is 1. The van der Waals surface area contributed by atoms with Crippen LogP contribution in [0.25, 0.3) is 0 Å². The Morgan fingerprint density at radius 3 is 2.73 bits per heavy atom. The van der Waals surface area contributed by atoms with E-state index in [4.69, 9.17) is 9.47 Å². The SMILES string of the molecule is CC(C)(C)OC(=O)CN1CCCOCC1. The van der Waals surface area contributed by atoms with E-state index in [1.807, 2.05) is 20.8 Å². The van der Waals surface area contributed by atoms with Crippen molar-refractivity contribution in [3.63, 3.8) is 0 Å². The molecule has 1 rings (SSSR count). The van der Waals surface area contributed by atoms with Gasteiger partial charge in [0.25, 0.3) is 0 Å².